The number of hydrogen-bond donors (Lipinski definition) is 0. The summed E-state index contributed by atoms with van der Waals surface area (Å²) in [6.07, 6.45) is 2.25. The van der Waals surface area contributed by atoms with Crippen LogP contribution in [0.1, 0.15) is 28.8 Å². The highest BCUT2D eigenvalue weighted by Crippen LogP contribution is 2.39. The molecule has 0 saturated carbocycles. The lowest BCUT2D eigenvalue weighted by Crippen LogP contribution is -2.16. The van der Waals surface area contributed by atoms with Crippen LogP contribution in [0.25, 0.3) is 0 Å². The molecule has 2 aliphatic rings. The Balaban J connectivity index is 1.31. The van der Waals surface area contributed by atoms with Gasteiger partial charge in [-0.3, -0.25) is 0 Å². The number of hydrogen-bond acceptors (Lipinski definition) is 6. The molecule has 0 amide bonds. The summed E-state index contributed by atoms with van der Waals surface area (Å²) in [7, 11) is 0. The summed E-state index contributed by atoms with van der Waals surface area (Å²) in [4.78, 5) is 12.2. The summed E-state index contributed by atoms with van der Waals surface area (Å²) < 4.78 is 27.1. The van der Waals surface area contributed by atoms with Crippen molar-refractivity contribution >= 4 is 17.6 Å². The molecule has 6 nitrogen and oxygen atoms in total. The van der Waals surface area contributed by atoms with Gasteiger partial charge in [-0.1, -0.05) is 11.6 Å². The molecule has 0 spiro atoms. The van der Waals surface area contributed by atoms with Gasteiger partial charge in [0, 0.05) is 6.61 Å². The van der Waals surface area contributed by atoms with Gasteiger partial charge >= 0.3 is 5.97 Å². The van der Waals surface area contributed by atoms with Crippen molar-refractivity contribution < 1.29 is 28.5 Å². The second-order valence-electron chi connectivity index (χ2n) is 6.36. The number of benzene rings is 2. The van der Waals surface area contributed by atoms with E-state index in [1.54, 1.807) is 36.4 Å². The zero-order valence-electron chi connectivity index (χ0n) is 14.6. The largest absolute Gasteiger partial charge is 0.491 e. The minimum absolute atomic E-state index is 0.0897. The van der Waals surface area contributed by atoms with Crippen molar-refractivity contribution in [3.05, 3.63) is 52.5 Å². The molecule has 27 heavy (non-hydrogen) atoms. The molecule has 2 aromatic carbocycles. The number of ether oxygens (including phenoxy) is 5. The van der Waals surface area contributed by atoms with E-state index in [2.05, 4.69) is 0 Å². The van der Waals surface area contributed by atoms with E-state index in [0.29, 0.717) is 34.4 Å². The van der Waals surface area contributed by atoms with Crippen molar-refractivity contribution in [1.82, 2.24) is 0 Å². The van der Waals surface area contributed by atoms with Gasteiger partial charge in [0.05, 0.1) is 16.7 Å². The quantitative estimate of drug-likeness (QED) is 0.695. The van der Waals surface area contributed by atoms with E-state index in [-0.39, 0.29) is 19.5 Å². The molecule has 0 N–H and O–H groups in total. The molecule has 0 aromatic heterocycles. The molecule has 0 bridgehead atoms. The van der Waals surface area contributed by atoms with Crippen molar-refractivity contribution in [1.29, 1.82) is 0 Å². The van der Waals surface area contributed by atoms with Crippen LogP contribution in [0.3, 0.4) is 0 Å². The van der Waals surface area contributed by atoms with E-state index in [1.807, 2.05) is 0 Å². The van der Waals surface area contributed by atoms with Crippen molar-refractivity contribution in [3.63, 3.8) is 0 Å². The maximum Gasteiger partial charge on any atom is 0.338 e. The van der Waals surface area contributed by atoms with E-state index in [0.717, 1.165) is 25.0 Å². The van der Waals surface area contributed by atoms with Crippen molar-refractivity contribution in [2.75, 3.05) is 20.0 Å². The molecule has 0 aliphatic carbocycles. The molecular weight excluding hydrogens is 372 g/mol. The van der Waals surface area contributed by atoms with Gasteiger partial charge < -0.3 is 23.7 Å². The van der Waals surface area contributed by atoms with Gasteiger partial charge in [0.25, 0.3) is 0 Å². The Bertz CT molecular complexity index is 814. The monoisotopic (exact) mass is 390 g/mol. The average molecular weight is 391 g/mol. The zero-order valence-corrected chi connectivity index (χ0v) is 15.4. The fourth-order valence-corrected chi connectivity index (χ4v) is 3.28. The molecule has 1 fully saturated rings. The molecule has 2 heterocycles. The van der Waals surface area contributed by atoms with E-state index < -0.39 is 5.97 Å². The van der Waals surface area contributed by atoms with Crippen molar-refractivity contribution in [2.45, 2.75) is 25.6 Å². The summed E-state index contributed by atoms with van der Waals surface area (Å²) in [5, 5.41) is 0.434. The second kappa shape index (κ2) is 8.06. The predicted octanol–water partition coefficient (Wildman–Crippen LogP) is 3.98. The number of fused-ring (bicyclic) bond motifs is 1. The van der Waals surface area contributed by atoms with Crippen LogP contribution in [-0.2, 0) is 16.1 Å². The highest BCUT2D eigenvalue weighted by atomic mass is 35.5. The number of halogens is 1. The Hall–Kier alpha value is -2.44. The highest BCUT2D eigenvalue weighted by Gasteiger charge is 2.19. The summed E-state index contributed by atoms with van der Waals surface area (Å²) in [6, 6.07) is 10.3. The van der Waals surface area contributed by atoms with Crippen LogP contribution in [0.5, 0.6) is 17.2 Å². The zero-order chi connectivity index (χ0) is 18.6. The predicted molar refractivity (Wildman–Crippen MR) is 97.6 cm³/mol. The maximum absolute atomic E-state index is 12.2. The van der Waals surface area contributed by atoms with Crippen LogP contribution in [0.15, 0.2) is 36.4 Å². The lowest BCUT2D eigenvalue weighted by molar-refractivity contribution is 0.0472. The van der Waals surface area contributed by atoms with Crippen LogP contribution in [0.2, 0.25) is 5.02 Å². The summed E-state index contributed by atoms with van der Waals surface area (Å²) in [6.45, 7) is 1.55. The van der Waals surface area contributed by atoms with Gasteiger partial charge in [0.15, 0.2) is 11.5 Å². The van der Waals surface area contributed by atoms with Gasteiger partial charge in [0.1, 0.15) is 19.0 Å². The van der Waals surface area contributed by atoms with Crippen LogP contribution in [0.4, 0.5) is 0 Å². The lowest BCUT2D eigenvalue weighted by Gasteiger charge is -2.11. The summed E-state index contributed by atoms with van der Waals surface area (Å²) in [5.74, 6) is 1.35. The first-order valence-corrected chi connectivity index (χ1v) is 9.16. The van der Waals surface area contributed by atoms with E-state index in [1.165, 1.54) is 0 Å². The smallest absolute Gasteiger partial charge is 0.338 e. The minimum Gasteiger partial charge on any atom is -0.491 e. The van der Waals surface area contributed by atoms with Crippen LogP contribution >= 0.6 is 11.6 Å². The fourth-order valence-electron chi connectivity index (χ4n) is 2.99. The van der Waals surface area contributed by atoms with E-state index >= 15 is 0 Å². The maximum atomic E-state index is 12.2. The Kier molecular flexibility index (Phi) is 5.36. The minimum atomic E-state index is -0.422. The normalized spacial score (nSPS) is 17.7. The van der Waals surface area contributed by atoms with Crippen LogP contribution in [-0.4, -0.2) is 32.1 Å². The molecular formula is C20H19ClO6. The van der Waals surface area contributed by atoms with Crippen LogP contribution < -0.4 is 14.2 Å². The standard InChI is InChI=1S/C20H19ClO6/c21-17-8-13(9-18-19(17)27-12-26-18)10-25-20(22)14-3-5-15(6-4-14)24-11-16-2-1-7-23-16/h3-6,8-9,16H,1-2,7,10-12H2/t16-/m1/s1. The van der Waals surface area contributed by atoms with Gasteiger partial charge in [-0.05, 0) is 54.8 Å². The van der Waals surface area contributed by atoms with E-state index in [4.69, 9.17) is 35.3 Å². The summed E-state index contributed by atoms with van der Waals surface area (Å²) in [5.41, 5.74) is 1.18. The molecule has 1 saturated heterocycles. The highest BCUT2D eigenvalue weighted by molar-refractivity contribution is 6.32. The van der Waals surface area contributed by atoms with E-state index in [9.17, 15) is 4.79 Å². The second-order valence-corrected chi connectivity index (χ2v) is 6.77. The molecule has 4 rings (SSSR count). The SMILES string of the molecule is O=C(OCc1cc(Cl)c2c(c1)OCO2)c1ccc(OC[C@H]2CCCO2)cc1. The summed E-state index contributed by atoms with van der Waals surface area (Å²) >= 11 is 6.13. The van der Waals surface area contributed by atoms with Gasteiger partial charge in [0.2, 0.25) is 6.79 Å². The van der Waals surface area contributed by atoms with Crippen LogP contribution in [0, 0.1) is 0 Å². The Morgan fingerprint density at radius 3 is 2.81 bits per heavy atom. The number of esters is 1. The molecule has 2 aliphatic heterocycles. The Labute approximate surface area is 161 Å². The first-order valence-electron chi connectivity index (χ1n) is 8.78. The third-order valence-electron chi connectivity index (χ3n) is 4.41. The average Bonchev–Trinajstić information content (AvgIpc) is 3.37. The molecule has 1 atom stereocenters. The third kappa shape index (κ3) is 4.28. The first kappa shape index (κ1) is 17.9. The van der Waals surface area contributed by atoms with Crippen molar-refractivity contribution in [3.8, 4) is 17.2 Å². The number of carbonyl (C=O) groups is 1. The number of carbonyl (C=O) groups excluding carboxylic acids is 1. The van der Waals surface area contributed by atoms with Gasteiger partial charge in [-0.25, -0.2) is 4.79 Å². The van der Waals surface area contributed by atoms with Gasteiger partial charge in [-0.2, -0.15) is 0 Å². The lowest BCUT2D eigenvalue weighted by atomic mass is 10.2. The molecule has 142 valence electrons. The topological polar surface area (TPSA) is 63.2 Å². The number of rotatable bonds is 6. The Morgan fingerprint density at radius 2 is 2.04 bits per heavy atom. The first-order chi connectivity index (χ1) is 13.2. The molecule has 2 aromatic rings. The van der Waals surface area contributed by atoms with Crippen molar-refractivity contribution in [2.24, 2.45) is 0 Å². The molecule has 0 radical (unpaired) electrons. The fraction of sp³-hybridized carbons (Fsp3) is 0.350. The molecule has 0 unspecified atom stereocenters. The molecule has 7 heteroatoms. The van der Waals surface area contributed by atoms with Gasteiger partial charge in [-0.15, -0.1) is 0 Å². The third-order valence-corrected chi connectivity index (χ3v) is 4.69. The Morgan fingerprint density at radius 1 is 1.19 bits per heavy atom.